The molecule has 0 spiro atoms. The second-order valence-corrected chi connectivity index (χ2v) is 13.8. The van der Waals surface area contributed by atoms with Crippen LogP contribution in [0.2, 0.25) is 25.7 Å². The molecule has 0 N–H and O–H groups in total. The molecular weight excluding hydrogens is 268 g/mol. The van der Waals surface area contributed by atoms with Crippen LogP contribution in [0.4, 0.5) is 0 Å². The van der Waals surface area contributed by atoms with Gasteiger partial charge in [-0.15, -0.1) is 6.58 Å². The van der Waals surface area contributed by atoms with Gasteiger partial charge in [0.05, 0.1) is 10.8 Å². The summed E-state index contributed by atoms with van der Waals surface area (Å²) in [7, 11) is -2.00. The fourth-order valence-corrected chi connectivity index (χ4v) is 5.02. The molecule has 1 aromatic carbocycles. The lowest BCUT2D eigenvalue weighted by Gasteiger charge is -2.21. The van der Waals surface area contributed by atoms with E-state index in [2.05, 4.69) is 26.2 Å². The van der Waals surface area contributed by atoms with Crippen molar-refractivity contribution in [2.75, 3.05) is 0 Å². The minimum absolute atomic E-state index is 0.214. The summed E-state index contributed by atoms with van der Waals surface area (Å²) in [4.78, 5) is 0.948. The second-order valence-electron chi connectivity index (χ2n) is 6.49. The Balaban J connectivity index is 2.79. The Morgan fingerprint density at radius 2 is 1.84 bits per heavy atom. The van der Waals surface area contributed by atoms with Gasteiger partial charge in [0.25, 0.3) is 0 Å². The summed E-state index contributed by atoms with van der Waals surface area (Å²) in [5.41, 5.74) is 1.13. The van der Waals surface area contributed by atoms with Crippen molar-refractivity contribution in [2.24, 2.45) is 0 Å². The van der Waals surface area contributed by atoms with Crippen LogP contribution in [0.3, 0.4) is 0 Å². The van der Waals surface area contributed by atoms with Gasteiger partial charge in [0.1, 0.15) is 0 Å². The maximum atomic E-state index is 12.7. The molecule has 0 amide bonds. The maximum Gasteiger partial charge on any atom is 0.0563 e. The lowest BCUT2D eigenvalue weighted by Crippen LogP contribution is -2.24. The standard InChI is InChI=1S/C16H26OSSi/c1-14(2)13-16(11-12-19(3,4)5)18(17)15-9-7-6-8-10-15/h6-10,16H,1,11-13H2,2-5H3. The highest BCUT2D eigenvalue weighted by molar-refractivity contribution is 7.85. The molecule has 0 aliphatic rings. The molecule has 0 bridgehead atoms. The van der Waals surface area contributed by atoms with Crippen molar-refractivity contribution in [1.29, 1.82) is 0 Å². The summed E-state index contributed by atoms with van der Waals surface area (Å²) >= 11 is 0. The van der Waals surface area contributed by atoms with E-state index >= 15 is 0 Å². The Morgan fingerprint density at radius 3 is 2.32 bits per heavy atom. The lowest BCUT2D eigenvalue weighted by molar-refractivity contribution is 0.660. The molecule has 0 aliphatic carbocycles. The molecule has 19 heavy (non-hydrogen) atoms. The fourth-order valence-electron chi connectivity index (χ4n) is 2.01. The number of benzene rings is 1. The monoisotopic (exact) mass is 294 g/mol. The Morgan fingerprint density at radius 1 is 1.26 bits per heavy atom. The van der Waals surface area contributed by atoms with E-state index in [0.29, 0.717) is 0 Å². The highest BCUT2D eigenvalue weighted by atomic mass is 32.2. The highest BCUT2D eigenvalue weighted by Gasteiger charge is 2.22. The number of rotatable bonds is 7. The zero-order valence-electron chi connectivity index (χ0n) is 12.6. The molecule has 106 valence electrons. The van der Waals surface area contributed by atoms with Crippen LogP contribution in [0.25, 0.3) is 0 Å². The maximum absolute atomic E-state index is 12.7. The Labute approximate surface area is 121 Å². The summed E-state index contributed by atoms with van der Waals surface area (Å²) < 4.78 is 12.7. The zero-order chi connectivity index (χ0) is 14.5. The van der Waals surface area contributed by atoms with Crippen molar-refractivity contribution in [3.63, 3.8) is 0 Å². The van der Waals surface area contributed by atoms with Crippen LogP contribution in [0, 0.1) is 0 Å². The van der Waals surface area contributed by atoms with E-state index in [0.717, 1.165) is 23.3 Å². The molecule has 0 aliphatic heterocycles. The molecule has 2 unspecified atom stereocenters. The predicted molar refractivity (Wildman–Crippen MR) is 88.8 cm³/mol. The van der Waals surface area contributed by atoms with E-state index < -0.39 is 18.9 Å². The number of hydrogen-bond acceptors (Lipinski definition) is 1. The minimum Gasteiger partial charge on any atom is -0.254 e. The Kier molecular flexibility index (Phi) is 6.21. The molecule has 1 nitrogen and oxygen atoms in total. The smallest absolute Gasteiger partial charge is 0.0563 e. The molecular formula is C16H26OSSi. The number of allylic oxidation sites excluding steroid dienone is 1. The van der Waals surface area contributed by atoms with Crippen LogP contribution < -0.4 is 0 Å². The van der Waals surface area contributed by atoms with Gasteiger partial charge in [0.2, 0.25) is 0 Å². The molecule has 0 radical (unpaired) electrons. The van der Waals surface area contributed by atoms with Crippen LogP contribution in [0.1, 0.15) is 19.8 Å². The van der Waals surface area contributed by atoms with Gasteiger partial charge >= 0.3 is 0 Å². The summed E-state index contributed by atoms with van der Waals surface area (Å²) in [6.45, 7) is 13.1. The molecule has 0 saturated heterocycles. The molecule has 1 rings (SSSR count). The average Bonchev–Trinajstić information content (AvgIpc) is 2.33. The van der Waals surface area contributed by atoms with Gasteiger partial charge in [-0.25, -0.2) is 0 Å². The van der Waals surface area contributed by atoms with Crippen LogP contribution >= 0.6 is 0 Å². The molecule has 0 heterocycles. The second kappa shape index (κ2) is 7.20. The molecule has 1 aromatic rings. The Hall–Kier alpha value is -0.673. The minimum atomic E-state index is -1.08. The van der Waals surface area contributed by atoms with Gasteiger partial charge in [0, 0.05) is 18.2 Å². The first-order valence-corrected chi connectivity index (χ1v) is 11.8. The van der Waals surface area contributed by atoms with Crippen LogP contribution in [-0.2, 0) is 10.8 Å². The average molecular weight is 295 g/mol. The third kappa shape index (κ3) is 6.35. The molecule has 2 atom stereocenters. The van der Waals surface area contributed by atoms with Crippen LogP contribution in [0.15, 0.2) is 47.4 Å². The number of hydrogen-bond donors (Lipinski definition) is 0. The van der Waals surface area contributed by atoms with Gasteiger partial charge < -0.3 is 0 Å². The molecule has 3 heteroatoms. The van der Waals surface area contributed by atoms with Gasteiger partial charge in [-0.05, 0) is 31.9 Å². The van der Waals surface area contributed by atoms with E-state index in [9.17, 15) is 4.21 Å². The van der Waals surface area contributed by atoms with E-state index in [1.165, 1.54) is 6.04 Å². The largest absolute Gasteiger partial charge is 0.254 e. The highest BCUT2D eigenvalue weighted by Crippen LogP contribution is 2.24. The van der Waals surface area contributed by atoms with Gasteiger partial charge in [-0.3, -0.25) is 4.21 Å². The van der Waals surface area contributed by atoms with Crippen molar-refractivity contribution < 1.29 is 4.21 Å². The summed E-state index contributed by atoms with van der Waals surface area (Å²) in [5, 5.41) is 0.214. The Bertz CT molecular complexity index is 434. The van der Waals surface area contributed by atoms with Crippen molar-refractivity contribution in [2.45, 2.75) is 55.6 Å². The van der Waals surface area contributed by atoms with E-state index in [1.807, 2.05) is 37.3 Å². The molecule has 0 fully saturated rings. The van der Waals surface area contributed by atoms with Crippen LogP contribution in [0.5, 0.6) is 0 Å². The van der Waals surface area contributed by atoms with E-state index in [1.54, 1.807) is 0 Å². The summed E-state index contributed by atoms with van der Waals surface area (Å²) in [5.74, 6) is 0. The molecule has 0 saturated carbocycles. The van der Waals surface area contributed by atoms with Crippen molar-refractivity contribution in [3.05, 3.63) is 42.5 Å². The quantitative estimate of drug-likeness (QED) is 0.518. The van der Waals surface area contributed by atoms with Crippen molar-refractivity contribution >= 4 is 18.9 Å². The van der Waals surface area contributed by atoms with Crippen molar-refractivity contribution in [3.8, 4) is 0 Å². The third-order valence-electron chi connectivity index (χ3n) is 3.07. The summed E-state index contributed by atoms with van der Waals surface area (Å²) in [6, 6.07) is 11.1. The normalized spacial score (nSPS) is 14.9. The van der Waals surface area contributed by atoms with Gasteiger partial charge in [-0.1, -0.05) is 49.5 Å². The first kappa shape index (κ1) is 16.4. The van der Waals surface area contributed by atoms with Crippen LogP contribution in [-0.4, -0.2) is 17.5 Å². The van der Waals surface area contributed by atoms with Gasteiger partial charge in [0.15, 0.2) is 0 Å². The van der Waals surface area contributed by atoms with Gasteiger partial charge in [-0.2, -0.15) is 0 Å². The predicted octanol–water partition coefficient (Wildman–Crippen LogP) is 4.86. The first-order chi connectivity index (χ1) is 8.79. The van der Waals surface area contributed by atoms with E-state index in [4.69, 9.17) is 0 Å². The SMILES string of the molecule is C=C(C)CC(CC[Si](C)(C)C)S(=O)c1ccccc1. The zero-order valence-corrected chi connectivity index (χ0v) is 14.4. The molecule has 0 aromatic heterocycles. The topological polar surface area (TPSA) is 17.1 Å². The lowest BCUT2D eigenvalue weighted by atomic mass is 10.1. The van der Waals surface area contributed by atoms with E-state index in [-0.39, 0.29) is 5.25 Å². The summed E-state index contributed by atoms with van der Waals surface area (Å²) in [6.07, 6.45) is 1.91. The fraction of sp³-hybridized carbons (Fsp3) is 0.500. The van der Waals surface area contributed by atoms with Crippen molar-refractivity contribution in [1.82, 2.24) is 0 Å². The third-order valence-corrected chi connectivity index (χ3v) is 6.60. The first-order valence-electron chi connectivity index (χ1n) is 6.89.